The van der Waals surface area contributed by atoms with E-state index in [2.05, 4.69) is 17.6 Å². The van der Waals surface area contributed by atoms with Crippen LogP contribution < -0.4 is 10.6 Å². The maximum absolute atomic E-state index is 13.2. The van der Waals surface area contributed by atoms with Gasteiger partial charge < -0.3 is 10.6 Å². The van der Waals surface area contributed by atoms with Crippen LogP contribution in [0.25, 0.3) is 0 Å². The zero-order chi connectivity index (χ0) is 21.7. The minimum absolute atomic E-state index is 0.207. The maximum atomic E-state index is 13.2. The van der Waals surface area contributed by atoms with Crippen molar-refractivity contribution in [1.82, 2.24) is 14.9 Å². The minimum atomic E-state index is -3.45. The Kier molecular flexibility index (Phi) is 7.34. The Labute approximate surface area is 187 Å². The normalized spacial score (nSPS) is 23.3. The molecule has 0 bridgehead atoms. The third-order valence-electron chi connectivity index (χ3n) is 7.17. The quantitative estimate of drug-likeness (QED) is 0.679. The highest BCUT2D eigenvalue weighted by atomic mass is 32.2. The number of hydrogen-bond donors (Lipinski definition) is 2. The molecule has 2 fully saturated rings. The van der Waals surface area contributed by atoms with Gasteiger partial charge in [0, 0.05) is 25.7 Å². The fourth-order valence-corrected chi connectivity index (χ4v) is 6.73. The van der Waals surface area contributed by atoms with Gasteiger partial charge in [-0.2, -0.15) is 4.31 Å². The number of piperidine rings is 1. The number of nitrogens with zero attached hydrogens (tertiary/aromatic N) is 2. The molecular formula is C24H38N4O2S. The second-order valence-electron chi connectivity index (χ2n) is 9.37. The summed E-state index contributed by atoms with van der Waals surface area (Å²) in [6.07, 6.45) is 11.2. The second kappa shape index (κ2) is 10.0. The SMILES string of the molecule is CCCc1ccc(S(=O)(=O)N2CCC3(CC2)NCCN=C3NC2CCCCCC2)cc1. The lowest BCUT2D eigenvalue weighted by Crippen LogP contribution is -2.65. The number of aliphatic imine (C=N–C) groups is 1. The van der Waals surface area contributed by atoms with Crippen LogP contribution >= 0.6 is 0 Å². The molecule has 31 heavy (non-hydrogen) atoms. The van der Waals surface area contributed by atoms with Crippen LogP contribution in [0.5, 0.6) is 0 Å². The van der Waals surface area contributed by atoms with E-state index < -0.39 is 10.0 Å². The molecule has 0 amide bonds. The van der Waals surface area contributed by atoms with E-state index in [1.54, 1.807) is 16.4 Å². The van der Waals surface area contributed by atoms with E-state index in [9.17, 15) is 8.42 Å². The van der Waals surface area contributed by atoms with Gasteiger partial charge in [-0.25, -0.2) is 8.42 Å². The molecule has 1 aromatic carbocycles. The summed E-state index contributed by atoms with van der Waals surface area (Å²) in [7, 11) is -3.45. The van der Waals surface area contributed by atoms with Crippen molar-refractivity contribution in [1.29, 1.82) is 0 Å². The van der Waals surface area contributed by atoms with Crippen molar-refractivity contribution < 1.29 is 8.42 Å². The molecule has 0 unspecified atom stereocenters. The molecule has 1 spiro atoms. The van der Waals surface area contributed by atoms with Crippen molar-refractivity contribution in [2.75, 3.05) is 26.2 Å². The van der Waals surface area contributed by atoms with E-state index in [1.807, 2.05) is 12.1 Å². The summed E-state index contributed by atoms with van der Waals surface area (Å²) in [6, 6.07) is 7.94. The number of benzene rings is 1. The molecule has 2 aliphatic heterocycles. The van der Waals surface area contributed by atoms with Gasteiger partial charge >= 0.3 is 0 Å². The molecule has 7 heteroatoms. The monoisotopic (exact) mass is 446 g/mol. The molecule has 2 heterocycles. The lowest BCUT2D eigenvalue weighted by atomic mass is 9.85. The molecule has 1 aliphatic carbocycles. The Morgan fingerprint density at radius 1 is 1.10 bits per heavy atom. The molecule has 1 saturated carbocycles. The summed E-state index contributed by atoms with van der Waals surface area (Å²) in [5.74, 6) is 1.08. The average Bonchev–Trinajstić information content (AvgIpc) is 3.05. The summed E-state index contributed by atoms with van der Waals surface area (Å²) in [4.78, 5) is 5.29. The molecule has 0 atom stereocenters. The molecule has 3 aliphatic rings. The minimum Gasteiger partial charge on any atom is -0.370 e. The Hall–Kier alpha value is -1.44. The van der Waals surface area contributed by atoms with Crippen molar-refractivity contribution in [3.8, 4) is 0 Å². The van der Waals surface area contributed by atoms with Gasteiger partial charge in [0.1, 0.15) is 5.84 Å². The predicted octanol–water partition coefficient (Wildman–Crippen LogP) is 3.48. The average molecular weight is 447 g/mol. The van der Waals surface area contributed by atoms with E-state index in [1.165, 1.54) is 44.1 Å². The molecule has 0 aromatic heterocycles. The van der Waals surface area contributed by atoms with Crippen LogP contribution in [0.2, 0.25) is 0 Å². The van der Waals surface area contributed by atoms with Gasteiger partial charge in [-0.3, -0.25) is 4.99 Å². The molecule has 172 valence electrons. The third-order valence-corrected chi connectivity index (χ3v) is 9.08. The van der Waals surface area contributed by atoms with Crippen LogP contribution in [0, 0.1) is 0 Å². The van der Waals surface area contributed by atoms with Gasteiger partial charge in [0.15, 0.2) is 0 Å². The molecule has 1 aromatic rings. The van der Waals surface area contributed by atoms with Crippen molar-refractivity contribution in [2.24, 2.45) is 4.99 Å². The van der Waals surface area contributed by atoms with Crippen molar-refractivity contribution in [2.45, 2.75) is 87.6 Å². The summed E-state index contributed by atoms with van der Waals surface area (Å²) >= 11 is 0. The summed E-state index contributed by atoms with van der Waals surface area (Å²) in [5.41, 5.74) is 0.984. The van der Waals surface area contributed by atoms with Gasteiger partial charge in [-0.15, -0.1) is 0 Å². The zero-order valence-electron chi connectivity index (χ0n) is 18.9. The number of aryl methyl sites for hydroxylation is 1. The lowest BCUT2D eigenvalue weighted by molar-refractivity contribution is 0.239. The van der Waals surface area contributed by atoms with Crippen LogP contribution in [-0.4, -0.2) is 56.3 Å². The Morgan fingerprint density at radius 3 is 2.42 bits per heavy atom. The van der Waals surface area contributed by atoms with Crippen molar-refractivity contribution in [3.05, 3.63) is 29.8 Å². The highest BCUT2D eigenvalue weighted by molar-refractivity contribution is 7.89. The van der Waals surface area contributed by atoms with E-state index in [-0.39, 0.29) is 5.54 Å². The van der Waals surface area contributed by atoms with Gasteiger partial charge in [-0.05, 0) is 49.8 Å². The zero-order valence-corrected chi connectivity index (χ0v) is 19.7. The number of hydrogen-bond acceptors (Lipinski definition) is 5. The summed E-state index contributed by atoms with van der Waals surface area (Å²) < 4.78 is 28.1. The van der Waals surface area contributed by atoms with Gasteiger partial charge in [0.25, 0.3) is 0 Å². The highest BCUT2D eigenvalue weighted by Crippen LogP contribution is 2.30. The standard InChI is InChI=1S/C24H38N4O2S/c1-2-7-20-10-12-22(13-11-20)31(29,30)28-18-14-24(15-19-28)23(25-16-17-26-24)27-21-8-5-3-4-6-9-21/h10-13,21,26H,2-9,14-19H2,1H3,(H,25,27). The van der Waals surface area contributed by atoms with Crippen LogP contribution in [0.3, 0.4) is 0 Å². The van der Waals surface area contributed by atoms with Crippen LogP contribution in [-0.2, 0) is 16.4 Å². The fraction of sp³-hybridized carbons (Fsp3) is 0.708. The molecule has 4 rings (SSSR count). The van der Waals surface area contributed by atoms with Crippen LogP contribution in [0.1, 0.15) is 70.3 Å². The van der Waals surface area contributed by atoms with Crippen molar-refractivity contribution >= 4 is 15.9 Å². The first kappa shape index (κ1) is 22.7. The first-order chi connectivity index (χ1) is 15.0. The van der Waals surface area contributed by atoms with Gasteiger partial charge in [-0.1, -0.05) is 51.2 Å². The van der Waals surface area contributed by atoms with Crippen LogP contribution in [0.4, 0.5) is 0 Å². The Balaban J connectivity index is 1.43. The first-order valence-corrected chi connectivity index (χ1v) is 13.6. The molecule has 0 radical (unpaired) electrons. The molecule has 6 nitrogen and oxygen atoms in total. The smallest absolute Gasteiger partial charge is 0.243 e. The number of amidine groups is 1. The fourth-order valence-electron chi connectivity index (χ4n) is 5.29. The predicted molar refractivity (Wildman–Crippen MR) is 126 cm³/mol. The van der Waals surface area contributed by atoms with E-state index in [4.69, 9.17) is 4.99 Å². The first-order valence-electron chi connectivity index (χ1n) is 12.2. The maximum Gasteiger partial charge on any atom is 0.243 e. The van der Waals surface area contributed by atoms with E-state index in [0.717, 1.165) is 44.6 Å². The Bertz CT molecular complexity index is 850. The number of nitrogens with one attached hydrogen (secondary N) is 2. The topological polar surface area (TPSA) is 73.8 Å². The molecule has 2 N–H and O–H groups in total. The second-order valence-corrected chi connectivity index (χ2v) is 11.3. The van der Waals surface area contributed by atoms with Gasteiger partial charge in [0.2, 0.25) is 10.0 Å². The molecular weight excluding hydrogens is 408 g/mol. The highest BCUT2D eigenvalue weighted by Gasteiger charge is 2.43. The largest absolute Gasteiger partial charge is 0.370 e. The van der Waals surface area contributed by atoms with Crippen LogP contribution in [0.15, 0.2) is 34.2 Å². The Morgan fingerprint density at radius 2 is 1.77 bits per heavy atom. The lowest BCUT2D eigenvalue weighted by Gasteiger charge is -2.45. The van der Waals surface area contributed by atoms with Crippen molar-refractivity contribution in [3.63, 3.8) is 0 Å². The van der Waals surface area contributed by atoms with Gasteiger partial charge in [0.05, 0.1) is 17.0 Å². The number of sulfonamides is 1. The van der Waals surface area contributed by atoms with E-state index in [0.29, 0.717) is 24.0 Å². The number of rotatable bonds is 5. The summed E-state index contributed by atoms with van der Waals surface area (Å²) in [5, 5.41) is 7.49. The third kappa shape index (κ3) is 5.15. The summed E-state index contributed by atoms with van der Waals surface area (Å²) in [6.45, 7) is 4.84. The molecule has 1 saturated heterocycles. The van der Waals surface area contributed by atoms with E-state index >= 15 is 0 Å².